The summed E-state index contributed by atoms with van der Waals surface area (Å²) in [5.41, 5.74) is 1.42. The average molecular weight is 556 g/mol. The fourth-order valence-corrected chi connectivity index (χ4v) is 5.16. The molecule has 1 aliphatic rings. The molecule has 10 nitrogen and oxygen atoms in total. The number of aromatic nitrogens is 5. The zero-order valence-electron chi connectivity index (χ0n) is 22.5. The van der Waals surface area contributed by atoms with Gasteiger partial charge in [0.25, 0.3) is 5.56 Å². The third kappa shape index (κ3) is 4.79. The fraction of sp³-hybridized carbons (Fsp3) is 0.233. The Hall–Kier alpha value is -5.06. The van der Waals surface area contributed by atoms with Gasteiger partial charge in [-0.1, -0.05) is 12.1 Å². The van der Waals surface area contributed by atoms with Crippen LogP contribution in [0.15, 0.2) is 65.8 Å². The minimum atomic E-state index is -0.522. The number of hydrogen-bond acceptors (Lipinski definition) is 8. The van der Waals surface area contributed by atoms with Gasteiger partial charge in [0.2, 0.25) is 5.88 Å². The van der Waals surface area contributed by atoms with Gasteiger partial charge in [-0.05, 0) is 49.6 Å². The number of halogens is 1. The van der Waals surface area contributed by atoms with Crippen molar-refractivity contribution < 1.29 is 23.4 Å². The van der Waals surface area contributed by atoms with Crippen LogP contribution in [0.3, 0.4) is 0 Å². The summed E-state index contributed by atoms with van der Waals surface area (Å²) < 4.78 is 34.4. The van der Waals surface area contributed by atoms with Gasteiger partial charge in [0, 0.05) is 18.3 Å². The van der Waals surface area contributed by atoms with Crippen molar-refractivity contribution in [3.8, 4) is 28.8 Å². The lowest BCUT2D eigenvalue weighted by Gasteiger charge is -2.19. The molecule has 0 atom stereocenters. The molecule has 0 amide bonds. The van der Waals surface area contributed by atoms with Crippen LogP contribution in [0.2, 0.25) is 0 Å². The maximum absolute atomic E-state index is 14.6. The number of rotatable bonds is 8. The molecule has 0 bridgehead atoms. The quantitative estimate of drug-likeness (QED) is 0.254. The van der Waals surface area contributed by atoms with Crippen LogP contribution in [0.1, 0.15) is 34.6 Å². The van der Waals surface area contributed by atoms with Gasteiger partial charge in [0.1, 0.15) is 29.1 Å². The largest absolute Gasteiger partial charge is 0.493 e. The van der Waals surface area contributed by atoms with Crippen LogP contribution >= 0.6 is 0 Å². The number of fused-ring (bicyclic) bond motifs is 2. The summed E-state index contributed by atoms with van der Waals surface area (Å²) in [4.78, 5) is 39.8. The van der Waals surface area contributed by atoms with Crippen molar-refractivity contribution in [1.29, 1.82) is 0 Å². The van der Waals surface area contributed by atoms with E-state index in [1.54, 1.807) is 54.3 Å². The highest BCUT2D eigenvalue weighted by molar-refractivity contribution is 5.98. The Morgan fingerprint density at radius 1 is 1.00 bits per heavy atom. The maximum Gasteiger partial charge on any atom is 0.282 e. The number of ketones is 1. The van der Waals surface area contributed by atoms with Crippen molar-refractivity contribution in [2.24, 2.45) is 0 Å². The molecule has 0 spiro atoms. The lowest BCUT2D eigenvalue weighted by Crippen LogP contribution is -2.25. The average Bonchev–Trinajstić information content (AvgIpc) is 3.29. The van der Waals surface area contributed by atoms with Crippen molar-refractivity contribution in [3.63, 3.8) is 0 Å². The second kappa shape index (κ2) is 10.8. The van der Waals surface area contributed by atoms with Gasteiger partial charge >= 0.3 is 0 Å². The summed E-state index contributed by atoms with van der Waals surface area (Å²) in [6, 6.07) is 12.9. The molecule has 0 radical (unpaired) electrons. The van der Waals surface area contributed by atoms with Crippen molar-refractivity contribution in [1.82, 2.24) is 24.3 Å². The summed E-state index contributed by atoms with van der Waals surface area (Å²) in [6.07, 6.45) is 5.05. The number of para-hydroxylation sites is 1. The number of hydrogen-bond donors (Lipinski definition) is 0. The van der Waals surface area contributed by atoms with Crippen LogP contribution in [0, 0.1) is 5.82 Å². The number of benzene rings is 2. The van der Waals surface area contributed by atoms with E-state index in [1.807, 2.05) is 0 Å². The standard InChI is InChI=1S/C30H26FN5O5/c1-39-26-14-20-22(15-27(26)40-2)33-17-34-29(20)41-19-11-10-18(32-16-19)13-25(37)28-24-9-5-6-12-35(24)36(30(28)38)23-8-4-3-7-21(23)31/h3-4,7-8,10-11,14-17H,5-6,9,12-13H2,1-2H3. The molecule has 2 aromatic carbocycles. The van der Waals surface area contributed by atoms with Crippen molar-refractivity contribution >= 4 is 16.7 Å². The molecule has 0 fully saturated rings. The number of carbonyl (C=O) groups excluding carboxylic acids is 1. The number of pyridine rings is 1. The first-order valence-corrected chi connectivity index (χ1v) is 13.1. The fourth-order valence-electron chi connectivity index (χ4n) is 5.16. The van der Waals surface area contributed by atoms with E-state index in [4.69, 9.17) is 14.2 Å². The first-order chi connectivity index (χ1) is 20.0. The number of nitrogens with zero attached hydrogens (tertiary/aromatic N) is 5. The molecular weight excluding hydrogens is 529 g/mol. The number of carbonyl (C=O) groups is 1. The maximum atomic E-state index is 14.6. The Balaban J connectivity index is 1.26. The lowest BCUT2D eigenvalue weighted by molar-refractivity contribution is 0.0989. The number of ether oxygens (including phenoxy) is 3. The predicted octanol–water partition coefficient (Wildman–Crippen LogP) is 4.69. The zero-order valence-corrected chi connectivity index (χ0v) is 22.5. The van der Waals surface area contributed by atoms with Gasteiger partial charge in [0.05, 0.1) is 43.4 Å². The minimum absolute atomic E-state index is 0.0861. The molecule has 0 saturated carbocycles. The molecule has 41 heavy (non-hydrogen) atoms. The molecular formula is C30H26FN5O5. The topological polar surface area (TPSA) is 110 Å². The van der Waals surface area contributed by atoms with Crippen LogP contribution in [-0.4, -0.2) is 44.3 Å². The van der Waals surface area contributed by atoms with E-state index in [-0.39, 0.29) is 23.5 Å². The number of Topliss-reactive ketones (excluding diaryl/α,β-unsaturated/α-hetero) is 1. The zero-order chi connectivity index (χ0) is 28.5. The molecule has 11 heteroatoms. The summed E-state index contributed by atoms with van der Waals surface area (Å²) in [5.74, 6) is 0.861. The van der Waals surface area contributed by atoms with E-state index < -0.39 is 11.4 Å². The third-order valence-corrected chi connectivity index (χ3v) is 7.10. The Morgan fingerprint density at radius 3 is 2.56 bits per heavy atom. The summed E-state index contributed by atoms with van der Waals surface area (Å²) in [5, 5.41) is 0.619. The second-order valence-electron chi connectivity index (χ2n) is 9.56. The van der Waals surface area contributed by atoms with Crippen molar-refractivity contribution in [2.75, 3.05) is 14.2 Å². The summed E-state index contributed by atoms with van der Waals surface area (Å²) >= 11 is 0. The first-order valence-electron chi connectivity index (χ1n) is 13.1. The van der Waals surface area contributed by atoms with Crippen LogP contribution < -0.4 is 19.8 Å². The van der Waals surface area contributed by atoms with E-state index in [9.17, 15) is 14.0 Å². The first kappa shape index (κ1) is 26.2. The van der Waals surface area contributed by atoms with Crippen molar-refractivity contribution in [3.05, 3.63) is 94.2 Å². The SMILES string of the molecule is COc1cc2ncnc(Oc3ccc(CC(=O)c4c5n(n(-c6ccccc6F)c4=O)CCCC5)nc3)c2cc1OC. The molecule has 3 aromatic heterocycles. The van der Waals surface area contributed by atoms with Crippen LogP contribution in [0.5, 0.6) is 23.1 Å². The predicted molar refractivity (Wildman–Crippen MR) is 148 cm³/mol. The molecule has 5 aromatic rings. The molecule has 0 N–H and O–H groups in total. The summed E-state index contributed by atoms with van der Waals surface area (Å²) in [7, 11) is 3.08. The van der Waals surface area contributed by atoms with Crippen LogP contribution in [0.4, 0.5) is 4.39 Å². The van der Waals surface area contributed by atoms with Gasteiger partial charge in [-0.15, -0.1) is 0 Å². The molecule has 0 aliphatic carbocycles. The lowest BCUT2D eigenvalue weighted by atomic mass is 10.0. The normalized spacial score (nSPS) is 12.7. The van der Waals surface area contributed by atoms with E-state index in [0.29, 0.717) is 58.4 Å². The highest BCUT2D eigenvalue weighted by Crippen LogP contribution is 2.35. The van der Waals surface area contributed by atoms with Crippen LogP contribution in [-0.2, 0) is 19.4 Å². The molecule has 0 saturated heterocycles. The van der Waals surface area contributed by atoms with Crippen molar-refractivity contribution in [2.45, 2.75) is 32.2 Å². The van der Waals surface area contributed by atoms with E-state index in [2.05, 4.69) is 15.0 Å². The van der Waals surface area contributed by atoms with Gasteiger partial charge in [-0.25, -0.2) is 19.0 Å². The third-order valence-electron chi connectivity index (χ3n) is 7.10. The van der Waals surface area contributed by atoms with E-state index in [0.717, 1.165) is 12.8 Å². The monoisotopic (exact) mass is 555 g/mol. The highest BCUT2D eigenvalue weighted by atomic mass is 19.1. The molecule has 6 rings (SSSR count). The minimum Gasteiger partial charge on any atom is -0.493 e. The Morgan fingerprint density at radius 2 is 1.80 bits per heavy atom. The van der Waals surface area contributed by atoms with Gasteiger partial charge < -0.3 is 14.2 Å². The van der Waals surface area contributed by atoms with Crippen LogP contribution in [0.25, 0.3) is 16.6 Å². The molecule has 4 heterocycles. The van der Waals surface area contributed by atoms with E-state index >= 15 is 0 Å². The Kier molecular flexibility index (Phi) is 6.92. The van der Waals surface area contributed by atoms with Gasteiger partial charge in [-0.3, -0.25) is 19.3 Å². The van der Waals surface area contributed by atoms with Gasteiger partial charge in [0.15, 0.2) is 17.3 Å². The second-order valence-corrected chi connectivity index (χ2v) is 9.56. The Bertz CT molecular complexity index is 1830. The molecule has 208 valence electrons. The van der Waals surface area contributed by atoms with E-state index in [1.165, 1.54) is 30.4 Å². The Labute approximate surface area is 234 Å². The molecule has 1 aliphatic heterocycles. The summed E-state index contributed by atoms with van der Waals surface area (Å²) in [6.45, 7) is 0.535. The number of methoxy groups -OCH3 is 2. The smallest absolute Gasteiger partial charge is 0.282 e. The highest BCUT2D eigenvalue weighted by Gasteiger charge is 2.28. The van der Waals surface area contributed by atoms with Gasteiger partial charge in [-0.2, -0.15) is 0 Å². The molecule has 0 unspecified atom stereocenters.